The molecule has 6 nitrogen and oxygen atoms in total. The lowest BCUT2D eigenvalue weighted by Gasteiger charge is -2.17. The summed E-state index contributed by atoms with van der Waals surface area (Å²) in [5.74, 6) is 0.530. The molecule has 1 heterocycles. The van der Waals surface area contributed by atoms with E-state index in [4.69, 9.17) is 4.74 Å². The van der Waals surface area contributed by atoms with E-state index in [1.807, 2.05) is 17.5 Å². The standard InChI is InChI=1S/C22H23N3O3S/c1-25(15-20-4-3-13-29-20)21(26)14-23-17-7-5-16(6-8-17)22(27)24-18-9-11-19(28-2)12-10-18/h3-13,23H,14-15H2,1-2H3,(H,24,27). The highest BCUT2D eigenvalue weighted by molar-refractivity contribution is 7.09. The van der Waals surface area contributed by atoms with Crippen molar-refractivity contribution < 1.29 is 14.3 Å². The van der Waals surface area contributed by atoms with Crippen LogP contribution in [-0.4, -0.2) is 37.4 Å². The lowest BCUT2D eigenvalue weighted by molar-refractivity contribution is -0.128. The second-order valence-electron chi connectivity index (χ2n) is 6.44. The molecule has 7 heteroatoms. The Morgan fingerprint density at radius 1 is 1.00 bits per heavy atom. The first-order chi connectivity index (χ1) is 14.0. The maximum absolute atomic E-state index is 12.4. The van der Waals surface area contributed by atoms with Gasteiger partial charge in [-0.2, -0.15) is 0 Å². The number of anilines is 2. The van der Waals surface area contributed by atoms with E-state index in [9.17, 15) is 9.59 Å². The minimum atomic E-state index is -0.200. The quantitative estimate of drug-likeness (QED) is 0.588. The number of carbonyl (C=O) groups excluding carboxylic acids is 2. The molecule has 150 valence electrons. The van der Waals surface area contributed by atoms with Crippen LogP contribution in [0.4, 0.5) is 11.4 Å². The Hall–Kier alpha value is -3.32. The molecular formula is C22H23N3O3S. The largest absolute Gasteiger partial charge is 0.497 e. The number of rotatable bonds is 8. The van der Waals surface area contributed by atoms with Crippen LogP contribution < -0.4 is 15.4 Å². The highest BCUT2D eigenvalue weighted by Crippen LogP contribution is 2.17. The van der Waals surface area contributed by atoms with Crippen molar-refractivity contribution in [1.82, 2.24) is 4.90 Å². The van der Waals surface area contributed by atoms with E-state index in [1.165, 1.54) is 0 Å². The highest BCUT2D eigenvalue weighted by atomic mass is 32.1. The molecule has 0 spiro atoms. The Kier molecular flexibility index (Phi) is 6.86. The number of likely N-dealkylation sites (N-methyl/N-ethyl adjacent to an activating group) is 1. The predicted molar refractivity (Wildman–Crippen MR) is 117 cm³/mol. The maximum atomic E-state index is 12.4. The number of ether oxygens (including phenoxy) is 1. The molecule has 0 atom stereocenters. The molecule has 0 bridgehead atoms. The summed E-state index contributed by atoms with van der Waals surface area (Å²) >= 11 is 1.63. The van der Waals surface area contributed by atoms with Crippen molar-refractivity contribution in [3.63, 3.8) is 0 Å². The zero-order chi connectivity index (χ0) is 20.6. The van der Waals surface area contributed by atoms with Crippen molar-refractivity contribution in [2.75, 3.05) is 31.3 Å². The monoisotopic (exact) mass is 409 g/mol. The number of methoxy groups -OCH3 is 1. The fraction of sp³-hybridized carbons (Fsp3) is 0.182. The van der Waals surface area contributed by atoms with E-state index in [0.717, 1.165) is 16.3 Å². The van der Waals surface area contributed by atoms with Crippen LogP contribution in [0.3, 0.4) is 0 Å². The molecule has 0 aliphatic rings. The molecule has 0 radical (unpaired) electrons. The van der Waals surface area contributed by atoms with E-state index in [0.29, 0.717) is 17.8 Å². The summed E-state index contributed by atoms with van der Waals surface area (Å²) in [4.78, 5) is 27.5. The van der Waals surface area contributed by atoms with Crippen LogP contribution in [0.2, 0.25) is 0 Å². The van der Waals surface area contributed by atoms with E-state index in [2.05, 4.69) is 10.6 Å². The molecule has 2 amide bonds. The summed E-state index contributed by atoms with van der Waals surface area (Å²) in [6.07, 6.45) is 0. The molecule has 3 rings (SSSR count). The SMILES string of the molecule is COc1ccc(NC(=O)c2ccc(NCC(=O)N(C)Cc3cccs3)cc2)cc1. The van der Waals surface area contributed by atoms with Gasteiger partial charge in [-0.3, -0.25) is 9.59 Å². The predicted octanol–water partition coefficient (Wildman–Crippen LogP) is 4.08. The number of thiophene rings is 1. The first-order valence-electron chi connectivity index (χ1n) is 9.11. The van der Waals surface area contributed by atoms with Crippen molar-refractivity contribution in [2.45, 2.75) is 6.54 Å². The van der Waals surface area contributed by atoms with Gasteiger partial charge in [-0.15, -0.1) is 11.3 Å². The Balaban J connectivity index is 1.49. The van der Waals surface area contributed by atoms with Gasteiger partial charge in [-0.1, -0.05) is 6.07 Å². The number of carbonyl (C=O) groups is 2. The number of amides is 2. The van der Waals surface area contributed by atoms with Crippen LogP contribution in [0.5, 0.6) is 5.75 Å². The molecule has 2 N–H and O–H groups in total. The van der Waals surface area contributed by atoms with Gasteiger partial charge in [0.25, 0.3) is 5.91 Å². The van der Waals surface area contributed by atoms with Crippen LogP contribution in [0.1, 0.15) is 15.2 Å². The summed E-state index contributed by atoms with van der Waals surface area (Å²) in [7, 11) is 3.38. The third-order valence-electron chi connectivity index (χ3n) is 4.34. The summed E-state index contributed by atoms with van der Waals surface area (Å²) < 4.78 is 5.11. The number of hydrogen-bond acceptors (Lipinski definition) is 5. The summed E-state index contributed by atoms with van der Waals surface area (Å²) in [6, 6.07) is 18.1. The van der Waals surface area contributed by atoms with Gasteiger partial charge in [0.1, 0.15) is 5.75 Å². The average molecular weight is 410 g/mol. The second kappa shape index (κ2) is 9.75. The van der Waals surface area contributed by atoms with Gasteiger partial charge in [0.2, 0.25) is 5.91 Å². The van der Waals surface area contributed by atoms with Crippen LogP contribution in [0.15, 0.2) is 66.0 Å². The minimum absolute atomic E-state index is 0.000254. The zero-order valence-corrected chi connectivity index (χ0v) is 17.2. The van der Waals surface area contributed by atoms with Gasteiger partial charge in [-0.05, 0) is 60.0 Å². The first kappa shape index (κ1) is 20.4. The molecule has 0 unspecified atom stereocenters. The molecule has 0 aliphatic heterocycles. The Morgan fingerprint density at radius 3 is 2.31 bits per heavy atom. The van der Waals surface area contributed by atoms with Gasteiger partial charge < -0.3 is 20.3 Å². The fourth-order valence-corrected chi connectivity index (χ4v) is 3.41. The lowest BCUT2D eigenvalue weighted by Crippen LogP contribution is -2.31. The van der Waals surface area contributed by atoms with Gasteiger partial charge >= 0.3 is 0 Å². The lowest BCUT2D eigenvalue weighted by atomic mass is 10.2. The normalized spacial score (nSPS) is 10.3. The Labute approximate surface area is 174 Å². The summed E-state index contributed by atoms with van der Waals surface area (Å²) in [6.45, 7) is 0.794. The second-order valence-corrected chi connectivity index (χ2v) is 7.47. The fourth-order valence-electron chi connectivity index (χ4n) is 2.65. The van der Waals surface area contributed by atoms with Gasteiger partial charge in [-0.25, -0.2) is 0 Å². The van der Waals surface area contributed by atoms with E-state index >= 15 is 0 Å². The minimum Gasteiger partial charge on any atom is -0.497 e. The van der Waals surface area contributed by atoms with Crippen molar-refractivity contribution in [3.05, 3.63) is 76.5 Å². The Bertz CT molecular complexity index is 938. The molecule has 29 heavy (non-hydrogen) atoms. The number of nitrogens with zero attached hydrogens (tertiary/aromatic N) is 1. The summed E-state index contributed by atoms with van der Waals surface area (Å²) in [5.41, 5.74) is 2.01. The van der Waals surface area contributed by atoms with E-state index in [-0.39, 0.29) is 18.4 Å². The van der Waals surface area contributed by atoms with Crippen molar-refractivity contribution in [3.8, 4) is 5.75 Å². The average Bonchev–Trinajstić information content (AvgIpc) is 3.26. The van der Waals surface area contributed by atoms with Gasteiger partial charge in [0, 0.05) is 28.9 Å². The molecule has 0 saturated heterocycles. The van der Waals surface area contributed by atoms with E-state index < -0.39 is 0 Å². The van der Waals surface area contributed by atoms with Gasteiger partial charge in [0.15, 0.2) is 0 Å². The zero-order valence-electron chi connectivity index (χ0n) is 16.3. The van der Waals surface area contributed by atoms with Crippen LogP contribution in [0, 0.1) is 0 Å². The molecular weight excluding hydrogens is 386 g/mol. The number of benzene rings is 2. The third kappa shape index (κ3) is 5.83. The van der Waals surface area contributed by atoms with E-state index in [1.54, 1.807) is 78.9 Å². The number of nitrogens with one attached hydrogen (secondary N) is 2. The Morgan fingerprint density at radius 2 is 1.69 bits per heavy atom. The first-order valence-corrected chi connectivity index (χ1v) is 9.99. The third-order valence-corrected chi connectivity index (χ3v) is 5.20. The summed E-state index contributed by atoms with van der Waals surface area (Å²) in [5, 5.41) is 7.94. The highest BCUT2D eigenvalue weighted by Gasteiger charge is 2.10. The molecule has 3 aromatic rings. The maximum Gasteiger partial charge on any atom is 0.255 e. The molecule has 1 aromatic heterocycles. The molecule has 0 saturated carbocycles. The van der Waals surface area contributed by atoms with Crippen LogP contribution in [0.25, 0.3) is 0 Å². The smallest absolute Gasteiger partial charge is 0.255 e. The van der Waals surface area contributed by atoms with Gasteiger partial charge in [0.05, 0.1) is 20.2 Å². The molecule has 0 aliphatic carbocycles. The van der Waals surface area contributed by atoms with Crippen LogP contribution >= 0.6 is 11.3 Å². The van der Waals surface area contributed by atoms with Crippen LogP contribution in [-0.2, 0) is 11.3 Å². The van der Waals surface area contributed by atoms with Crippen molar-refractivity contribution >= 4 is 34.5 Å². The van der Waals surface area contributed by atoms with Crippen molar-refractivity contribution in [1.29, 1.82) is 0 Å². The molecule has 0 fully saturated rings. The van der Waals surface area contributed by atoms with Crippen molar-refractivity contribution in [2.24, 2.45) is 0 Å². The number of hydrogen-bond donors (Lipinski definition) is 2. The topological polar surface area (TPSA) is 70.7 Å². The molecule has 2 aromatic carbocycles.